The monoisotopic (exact) mass is 294 g/mol. The minimum Gasteiger partial charge on any atom is -0.476 e. The van der Waals surface area contributed by atoms with Crippen LogP contribution in [0.3, 0.4) is 0 Å². The average Bonchev–Trinajstić information content (AvgIpc) is 3.03. The van der Waals surface area contributed by atoms with E-state index in [4.69, 9.17) is 9.84 Å². The summed E-state index contributed by atoms with van der Waals surface area (Å²) in [6.07, 6.45) is 1.89. The molecule has 114 valence electrons. The Balaban J connectivity index is 2.30. The van der Waals surface area contributed by atoms with Gasteiger partial charge in [0.1, 0.15) is 18.7 Å². The van der Waals surface area contributed by atoms with E-state index in [-0.39, 0.29) is 11.7 Å². The number of aromatic nitrogens is 6. The van der Waals surface area contributed by atoms with Gasteiger partial charge < -0.3 is 9.84 Å². The summed E-state index contributed by atoms with van der Waals surface area (Å²) >= 11 is 0. The van der Waals surface area contributed by atoms with Gasteiger partial charge in [-0.05, 0) is 13.8 Å². The van der Waals surface area contributed by atoms with Crippen LogP contribution in [0.25, 0.3) is 0 Å². The Kier molecular flexibility index (Phi) is 4.63. The van der Waals surface area contributed by atoms with Crippen LogP contribution >= 0.6 is 0 Å². The standard InChI is InChI=1S/C12H18N6O3/c1-8(2)18-10(13-7-14-18)6-17-9(4-5-21-3)11(12(19)20)15-16-17/h7-8H,4-6H2,1-3H3,(H,19,20). The third-order valence-corrected chi connectivity index (χ3v) is 3.01. The van der Waals surface area contributed by atoms with Gasteiger partial charge in [-0.25, -0.2) is 19.1 Å². The smallest absolute Gasteiger partial charge is 0.358 e. The van der Waals surface area contributed by atoms with E-state index in [9.17, 15) is 4.79 Å². The van der Waals surface area contributed by atoms with Gasteiger partial charge in [0, 0.05) is 19.6 Å². The zero-order chi connectivity index (χ0) is 15.4. The number of ether oxygens (including phenoxy) is 1. The summed E-state index contributed by atoms with van der Waals surface area (Å²) in [7, 11) is 1.56. The zero-order valence-corrected chi connectivity index (χ0v) is 12.2. The van der Waals surface area contributed by atoms with Crippen LogP contribution in [0.5, 0.6) is 0 Å². The van der Waals surface area contributed by atoms with E-state index in [1.807, 2.05) is 13.8 Å². The largest absolute Gasteiger partial charge is 0.476 e. The summed E-state index contributed by atoms with van der Waals surface area (Å²) in [5.74, 6) is -0.400. The summed E-state index contributed by atoms with van der Waals surface area (Å²) in [4.78, 5) is 15.4. The van der Waals surface area contributed by atoms with Crippen molar-refractivity contribution in [1.29, 1.82) is 0 Å². The van der Waals surface area contributed by atoms with Crippen LogP contribution in [-0.4, -0.2) is 54.6 Å². The summed E-state index contributed by atoms with van der Waals surface area (Å²) < 4.78 is 8.31. The number of hydrogen-bond acceptors (Lipinski definition) is 6. The molecule has 9 nitrogen and oxygen atoms in total. The predicted molar refractivity (Wildman–Crippen MR) is 72.1 cm³/mol. The number of carboxylic acids is 1. The van der Waals surface area contributed by atoms with E-state index < -0.39 is 5.97 Å². The number of nitrogens with zero attached hydrogens (tertiary/aromatic N) is 6. The van der Waals surface area contributed by atoms with Gasteiger partial charge in [0.25, 0.3) is 0 Å². The Morgan fingerprint density at radius 1 is 1.48 bits per heavy atom. The highest BCUT2D eigenvalue weighted by atomic mass is 16.5. The molecule has 0 aromatic carbocycles. The second-order valence-electron chi connectivity index (χ2n) is 4.80. The fourth-order valence-electron chi connectivity index (χ4n) is 2.02. The van der Waals surface area contributed by atoms with Crippen LogP contribution in [0.4, 0.5) is 0 Å². The highest BCUT2D eigenvalue weighted by molar-refractivity contribution is 5.86. The van der Waals surface area contributed by atoms with Crippen molar-refractivity contribution in [3.05, 3.63) is 23.5 Å². The maximum Gasteiger partial charge on any atom is 0.358 e. The molecule has 0 spiro atoms. The predicted octanol–water partition coefficient (Wildman–Crippen LogP) is 0.386. The molecule has 0 radical (unpaired) electrons. The van der Waals surface area contributed by atoms with Crippen molar-refractivity contribution in [2.75, 3.05) is 13.7 Å². The van der Waals surface area contributed by atoms with Crippen LogP contribution < -0.4 is 0 Å². The van der Waals surface area contributed by atoms with Crippen LogP contribution in [0.1, 0.15) is 41.9 Å². The molecule has 0 fully saturated rings. The molecule has 0 aliphatic carbocycles. The van der Waals surface area contributed by atoms with Crippen LogP contribution in [-0.2, 0) is 17.7 Å². The van der Waals surface area contributed by atoms with Gasteiger partial charge in [-0.2, -0.15) is 5.10 Å². The number of aromatic carboxylic acids is 1. The number of hydrogen-bond donors (Lipinski definition) is 1. The molecule has 2 heterocycles. The second kappa shape index (κ2) is 6.44. The van der Waals surface area contributed by atoms with Crippen molar-refractivity contribution >= 4 is 5.97 Å². The van der Waals surface area contributed by atoms with E-state index in [2.05, 4.69) is 20.4 Å². The lowest BCUT2D eigenvalue weighted by Gasteiger charge is -2.10. The van der Waals surface area contributed by atoms with Gasteiger partial charge in [0.05, 0.1) is 12.3 Å². The number of carbonyl (C=O) groups is 1. The van der Waals surface area contributed by atoms with Gasteiger partial charge in [0.2, 0.25) is 0 Å². The highest BCUT2D eigenvalue weighted by Gasteiger charge is 2.20. The van der Waals surface area contributed by atoms with Gasteiger partial charge in [0.15, 0.2) is 5.69 Å². The van der Waals surface area contributed by atoms with Gasteiger partial charge in [-0.1, -0.05) is 5.21 Å². The molecule has 0 saturated carbocycles. The lowest BCUT2D eigenvalue weighted by Crippen LogP contribution is -2.16. The maximum absolute atomic E-state index is 11.2. The highest BCUT2D eigenvalue weighted by Crippen LogP contribution is 2.11. The summed E-state index contributed by atoms with van der Waals surface area (Å²) in [6.45, 7) is 4.70. The second-order valence-corrected chi connectivity index (χ2v) is 4.80. The van der Waals surface area contributed by atoms with E-state index in [1.165, 1.54) is 11.0 Å². The molecule has 0 atom stereocenters. The van der Waals surface area contributed by atoms with E-state index >= 15 is 0 Å². The summed E-state index contributed by atoms with van der Waals surface area (Å²) in [5.41, 5.74) is 0.463. The van der Waals surface area contributed by atoms with E-state index in [0.29, 0.717) is 31.1 Å². The van der Waals surface area contributed by atoms with E-state index in [1.54, 1.807) is 11.8 Å². The van der Waals surface area contributed by atoms with Crippen molar-refractivity contribution in [2.24, 2.45) is 0 Å². The third-order valence-electron chi connectivity index (χ3n) is 3.01. The lowest BCUT2D eigenvalue weighted by molar-refractivity contribution is 0.0688. The maximum atomic E-state index is 11.2. The Labute approximate surface area is 121 Å². The molecule has 1 N–H and O–H groups in total. The molecule has 0 aliphatic rings. The normalized spacial score (nSPS) is 11.2. The van der Waals surface area contributed by atoms with Crippen molar-refractivity contribution in [2.45, 2.75) is 32.9 Å². The minimum absolute atomic E-state index is 0.0531. The topological polar surface area (TPSA) is 108 Å². The Morgan fingerprint density at radius 2 is 2.24 bits per heavy atom. The Hall–Kier alpha value is -2.29. The van der Waals surface area contributed by atoms with Crippen LogP contribution in [0, 0.1) is 0 Å². The molecule has 2 rings (SSSR count). The molecule has 0 bridgehead atoms. The first-order valence-electron chi connectivity index (χ1n) is 6.57. The van der Waals surface area contributed by atoms with Crippen molar-refractivity contribution < 1.29 is 14.6 Å². The minimum atomic E-state index is -1.10. The SMILES string of the molecule is COCCc1c(C(=O)O)nnn1Cc1ncnn1C(C)C. The van der Waals surface area contributed by atoms with Crippen LogP contribution in [0.2, 0.25) is 0 Å². The Bertz CT molecular complexity index is 618. The molecule has 2 aromatic rings. The molecule has 0 amide bonds. The third kappa shape index (κ3) is 3.24. The summed E-state index contributed by atoms with van der Waals surface area (Å²) in [5, 5.41) is 20.9. The molecule has 0 aliphatic heterocycles. The van der Waals surface area contributed by atoms with Gasteiger partial charge >= 0.3 is 5.97 Å². The van der Waals surface area contributed by atoms with Crippen molar-refractivity contribution in [3.63, 3.8) is 0 Å². The van der Waals surface area contributed by atoms with Gasteiger partial charge in [-0.15, -0.1) is 5.10 Å². The fraction of sp³-hybridized carbons (Fsp3) is 0.583. The van der Waals surface area contributed by atoms with Crippen LogP contribution in [0.15, 0.2) is 6.33 Å². The summed E-state index contributed by atoms with van der Waals surface area (Å²) in [6, 6.07) is 0.160. The quantitative estimate of drug-likeness (QED) is 0.786. The average molecular weight is 294 g/mol. The van der Waals surface area contributed by atoms with Gasteiger partial charge in [-0.3, -0.25) is 0 Å². The number of methoxy groups -OCH3 is 1. The van der Waals surface area contributed by atoms with E-state index in [0.717, 1.165) is 0 Å². The molecule has 2 aromatic heterocycles. The molecular weight excluding hydrogens is 276 g/mol. The number of carboxylic acid groups (broad SMARTS) is 1. The first-order valence-corrected chi connectivity index (χ1v) is 6.57. The lowest BCUT2D eigenvalue weighted by atomic mass is 10.2. The Morgan fingerprint density at radius 3 is 2.86 bits per heavy atom. The first kappa shape index (κ1) is 15.1. The molecular formula is C12H18N6O3. The fourth-order valence-corrected chi connectivity index (χ4v) is 2.02. The molecule has 9 heteroatoms. The number of rotatable bonds is 7. The molecule has 0 saturated heterocycles. The first-order chi connectivity index (χ1) is 10.0. The molecule has 21 heavy (non-hydrogen) atoms. The molecule has 0 unspecified atom stereocenters. The van der Waals surface area contributed by atoms with Crippen molar-refractivity contribution in [3.8, 4) is 0 Å². The zero-order valence-electron chi connectivity index (χ0n) is 12.2. The van der Waals surface area contributed by atoms with Crippen molar-refractivity contribution in [1.82, 2.24) is 29.8 Å².